The van der Waals surface area contributed by atoms with E-state index < -0.39 is 4.92 Å². The quantitative estimate of drug-likeness (QED) is 0.261. The molecule has 27 heavy (non-hydrogen) atoms. The van der Waals surface area contributed by atoms with E-state index in [1.165, 1.54) is 18.1 Å². The number of fused-ring (bicyclic) bond motifs is 1. The van der Waals surface area contributed by atoms with Crippen LogP contribution >= 0.6 is 11.8 Å². The van der Waals surface area contributed by atoms with E-state index in [1.807, 2.05) is 66.7 Å². The molecule has 0 radical (unpaired) electrons. The van der Waals surface area contributed by atoms with Gasteiger partial charge in [0.15, 0.2) is 5.03 Å². The summed E-state index contributed by atoms with van der Waals surface area (Å²) in [6.07, 6.45) is 1.28. The van der Waals surface area contributed by atoms with E-state index in [1.54, 1.807) is 6.07 Å². The lowest BCUT2D eigenvalue weighted by molar-refractivity contribution is -0.389. The normalized spacial score (nSPS) is 10.7. The first-order valence-electron chi connectivity index (χ1n) is 8.10. The lowest BCUT2D eigenvalue weighted by Crippen LogP contribution is -2.00. The van der Waals surface area contributed by atoms with Gasteiger partial charge in [-0.3, -0.25) is 10.1 Å². The molecule has 6 nitrogen and oxygen atoms in total. The van der Waals surface area contributed by atoms with Gasteiger partial charge in [0.1, 0.15) is 12.1 Å². The van der Waals surface area contributed by atoms with Crippen molar-refractivity contribution >= 4 is 28.2 Å². The Morgan fingerprint density at radius 1 is 0.889 bits per heavy atom. The Hall–Kier alpha value is -3.45. The Morgan fingerprint density at radius 3 is 2.44 bits per heavy atom. The third kappa shape index (κ3) is 3.58. The third-order valence-corrected chi connectivity index (χ3v) is 4.85. The summed E-state index contributed by atoms with van der Waals surface area (Å²) < 4.78 is 5.86. The molecule has 0 spiro atoms. The average molecular weight is 375 g/mol. The smallest absolute Gasteiger partial charge is 0.363 e. The zero-order valence-electron chi connectivity index (χ0n) is 14.0. The van der Waals surface area contributed by atoms with Crippen LogP contribution in [0, 0.1) is 10.1 Å². The molecule has 1 aromatic heterocycles. The highest BCUT2D eigenvalue weighted by molar-refractivity contribution is 7.99. The summed E-state index contributed by atoms with van der Waals surface area (Å²) >= 11 is 1.20. The van der Waals surface area contributed by atoms with Crippen molar-refractivity contribution < 1.29 is 9.66 Å². The molecule has 0 amide bonds. The fraction of sp³-hybridized carbons (Fsp3) is 0. The minimum atomic E-state index is -0.508. The number of nitro groups is 1. The first-order chi connectivity index (χ1) is 13.2. The van der Waals surface area contributed by atoms with Crippen molar-refractivity contribution in [2.24, 2.45) is 0 Å². The second kappa shape index (κ2) is 7.43. The summed E-state index contributed by atoms with van der Waals surface area (Å²) in [5, 5.41) is 13.8. The summed E-state index contributed by atoms with van der Waals surface area (Å²) in [5.74, 6) is 0.426. The topological polar surface area (TPSA) is 78.2 Å². The molecule has 0 aliphatic rings. The highest BCUT2D eigenvalue weighted by atomic mass is 32.2. The molecular weight excluding hydrogens is 362 g/mol. The van der Waals surface area contributed by atoms with Crippen LogP contribution in [-0.2, 0) is 0 Å². The van der Waals surface area contributed by atoms with Crippen LogP contribution in [0.3, 0.4) is 0 Å². The van der Waals surface area contributed by atoms with E-state index >= 15 is 0 Å². The standard InChI is InChI=1S/C20H13N3O3S/c24-23(25)18-19(21-13-22-20(18)27-15-9-2-1-3-10-15)26-17-12-6-8-14-7-4-5-11-16(14)17/h1-13H. The summed E-state index contributed by atoms with van der Waals surface area (Å²) in [4.78, 5) is 20.2. The number of ether oxygens (including phenoxy) is 1. The van der Waals surface area contributed by atoms with Crippen LogP contribution in [-0.4, -0.2) is 14.9 Å². The van der Waals surface area contributed by atoms with Crippen LogP contribution in [0.5, 0.6) is 11.6 Å². The minimum absolute atomic E-state index is 0.0789. The molecule has 3 aromatic carbocycles. The van der Waals surface area contributed by atoms with Gasteiger partial charge in [-0.1, -0.05) is 66.4 Å². The maximum Gasteiger partial charge on any atom is 0.363 e. The van der Waals surface area contributed by atoms with Crippen molar-refractivity contribution in [3.63, 3.8) is 0 Å². The molecule has 0 saturated heterocycles. The van der Waals surface area contributed by atoms with Gasteiger partial charge in [-0.2, -0.15) is 4.98 Å². The van der Waals surface area contributed by atoms with Gasteiger partial charge in [0.05, 0.1) is 4.92 Å². The molecule has 0 unspecified atom stereocenters. The van der Waals surface area contributed by atoms with E-state index in [0.29, 0.717) is 5.75 Å². The first kappa shape index (κ1) is 17.0. The summed E-state index contributed by atoms with van der Waals surface area (Å²) in [5.41, 5.74) is -0.251. The van der Waals surface area contributed by atoms with Crippen molar-refractivity contribution in [1.29, 1.82) is 0 Å². The van der Waals surface area contributed by atoms with Crippen LogP contribution in [0.25, 0.3) is 10.8 Å². The lowest BCUT2D eigenvalue weighted by atomic mass is 10.1. The maximum absolute atomic E-state index is 11.7. The van der Waals surface area contributed by atoms with Crippen molar-refractivity contribution in [3.8, 4) is 11.6 Å². The summed E-state index contributed by atoms with van der Waals surface area (Å²) in [6, 6.07) is 22.6. The Labute approximate surface area is 159 Å². The Kier molecular flexibility index (Phi) is 4.67. The van der Waals surface area contributed by atoms with Crippen LogP contribution in [0.1, 0.15) is 0 Å². The molecule has 0 fully saturated rings. The zero-order valence-corrected chi connectivity index (χ0v) is 14.8. The van der Waals surface area contributed by atoms with Gasteiger partial charge in [0, 0.05) is 10.3 Å². The number of aromatic nitrogens is 2. The molecule has 0 saturated carbocycles. The largest absolute Gasteiger partial charge is 0.433 e. The van der Waals surface area contributed by atoms with E-state index in [0.717, 1.165) is 15.7 Å². The molecular formula is C20H13N3O3S. The molecule has 4 aromatic rings. The molecule has 0 aliphatic carbocycles. The van der Waals surface area contributed by atoms with Gasteiger partial charge in [-0.05, 0) is 23.6 Å². The van der Waals surface area contributed by atoms with Crippen LogP contribution in [0.4, 0.5) is 5.69 Å². The van der Waals surface area contributed by atoms with Crippen molar-refractivity contribution in [3.05, 3.63) is 89.2 Å². The van der Waals surface area contributed by atoms with Gasteiger partial charge in [-0.25, -0.2) is 4.98 Å². The fourth-order valence-electron chi connectivity index (χ4n) is 2.64. The molecule has 0 aliphatic heterocycles. The highest BCUT2D eigenvalue weighted by Gasteiger charge is 2.26. The summed E-state index contributed by atoms with van der Waals surface area (Å²) in [6.45, 7) is 0. The predicted molar refractivity (Wildman–Crippen MR) is 103 cm³/mol. The minimum Gasteiger partial charge on any atom is -0.433 e. The summed E-state index contributed by atoms with van der Waals surface area (Å²) in [7, 11) is 0. The van der Waals surface area contributed by atoms with Crippen molar-refractivity contribution in [1.82, 2.24) is 9.97 Å². The molecule has 132 valence electrons. The molecule has 7 heteroatoms. The molecule has 0 atom stereocenters. The number of hydrogen-bond donors (Lipinski definition) is 0. The lowest BCUT2D eigenvalue weighted by Gasteiger charge is -2.09. The first-order valence-corrected chi connectivity index (χ1v) is 8.92. The molecule has 4 rings (SSSR count). The van der Waals surface area contributed by atoms with Gasteiger partial charge in [0.25, 0.3) is 0 Å². The van der Waals surface area contributed by atoms with Gasteiger partial charge < -0.3 is 4.74 Å². The van der Waals surface area contributed by atoms with Crippen LogP contribution < -0.4 is 4.74 Å². The Balaban J connectivity index is 1.76. The van der Waals surface area contributed by atoms with Crippen LogP contribution in [0.15, 0.2) is 89.0 Å². The zero-order chi connectivity index (χ0) is 18.6. The Morgan fingerprint density at radius 2 is 1.63 bits per heavy atom. The molecule has 0 bridgehead atoms. The van der Waals surface area contributed by atoms with E-state index in [2.05, 4.69) is 9.97 Å². The third-order valence-electron chi connectivity index (χ3n) is 3.85. The monoisotopic (exact) mass is 375 g/mol. The van der Waals surface area contributed by atoms with Crippen LogP contribution in [0.2, 0.25) is 0 Å². The van der Waals surface area contributed by atoms with E-state index in [4.69, 9.17) is 4.74 Å². The van der Waals surface area contributed by atoms with Gasteiger partial charge >= 0.3 is 11.6 Å². The highest BCUT2D eigenvalue weighted by Crippen LogP contribution is 2.40. The average Bonchev–Trinajstić information content (AvgIpc) is 2.69. The molecule has 1 heterocycles. The number of benzene rings is 3. The predicted octanol–water partition coefficient (Wildman–Crippen LogP) is 5.48. The van der Waals surface area contributed by atoms with Gasteiger partial charge in [-0.15, -0.1) is 0 Å². The second-order valence-corrected chi connectivity index (χ2v) is 6.65. The SMILES string of the molecule is O=[N+]([O-])c1c(Oc2cccc3ccccc23)ncnc1Sc1ccccc1. The fourth-order valence-corrected chi connectivity index (χ4v) is 3.52. The molecule has 0 N–H and O–H groups in total. The van der Waals surface area contributed by atoms with Crippen molar-refractivity contribution in [2.75, 3.05) is 0 Å². The van der Waals surface area contributed by atoms with Crippen molar-refractivity contribution in [2.45, 2.75) is 9.92 Å². The Bertz CT molecular complexity index is 1110. The van der Waals surface area contributed by atoms with E-state index in [9.17, 15) is 10.1 Å². The van der Waals surface area contributed by atoms with E-state index in [-0.39, 0.29) is 16.6 Å². The number of rotatable bonds is 5. The maximum atomic E-state index is 11.7. The second-order valence-electron chi connectivity index (χ2n) is 5.58. The van der Waals surface area contributed by atoms with Gasteiger partial charge in [0.2, 0.25) is 0 Å². The number of hydrogen-bond acceptors (Lipinski definition) is 6. The number of nitrogens with zero attached hydrogens (tertiary/aromatic N) is 3.